The minimum Gasteiger partial charge on any atom is -0.326 e. The third-order valence-electron chi connectivity index (χ3n) is 3.46. The molecule has 0 aliphatic heterocycles. The number of hydrogen-bond donors (Lipinski definition) is 3. The Kier molecular flexibility index (Phi) is 3.12. The summed E-state index contributed by atoms with van der Waals surface area (Å²) >= 11 is 6.30. The van der Waals surface area contributed by atoms with Crippen LogP contribution in [0.25, 0.3) is 22.2 Å². The highest BCUT2D eigenvalue weighted by Gasteiger charge is 2.15. The molecule has 0 radical (unpaired) electrons. The second-order valence-electron chi connectivity index (χ2n) is 4.73. The van der Waals surface area contributed by atoms with Gasteiger partial charge in [0.25, 0.3) is 0 Å². The third kappa shape index (κ3) is 1.94. The molecule has 0 unspecified atom stereocenters. The summed E-state index contributed by atoms with van der Waals surface area (Å²) in [6.45, 7) is 2.31. The van der Waals surface area contributed by atoms with E-state index in [0.29, 0.717) is 11.6 Å². The molecule has 4 N–H and O–H groups in total. The highest BCUT2D eigenvalue weighted by molar-refractivity contribution is 6.33. The monoisotopic (exact) mass is 287 g/mol. The molecule has 0 saturated carbocycles. The SMILES string of the molecule is Cc1cc2[nH]c(=O)[nH]c2c(CN)c1-c1ccccc1Cl. The Morgan fingerprint density at radius 2 is 2.00 bits per heavy atom. The number of benzene rings is 2. The summed E-state index contributed by atoms with van der Waals surface area (Å²) < 4.78 is 0. The topological polar surface area (TPSA) is 74.7 Å². The lowest BCUT2D eigenvalue weighted by Crippen LogP contribution is -2.03. The summed E-state index contributed by atoms with van der Waals surface area (Å²) in [5, 5.41) is 0.669. The van der Waals surface area contributed by atoms with E-state index in [4.69, 9.17) is 17.3 Å². The Balaban J connectivity index is 2.43. The Morgan fingerprint density at radius 1 is 1.25 bits per heavy atom. The minimum atomic E-state index is -0.231. The Bertz CT molecular complexity index is 848. The fourth-order valence-corrected chi connectivity index (χ4v) is 2.87. The third-order valence-corrected chi connectivity index (χ3v) is 3.79. The van der Waals surface area contributed by atoms with Crippen molar-refractivity contribution < 1.29 is 0 Å². The number of nitrogens with two attached hydrogens (primary N) is 1. The number of aryl methyl sites for hydroxylation is 1. The van der Waals surface area contributed by atoms with E-state index < -0.39 is 0 Å². The summed E-state index contributed by atoms with van der Waals surface area (Å²) in [7, 11) is 0. The van der Waals surface area contributed by atoms with Crippen LogP contribution in [0.5, 0.6) is 0 Å². The summed E-state index contributed by atoms with van der Waals surface area (Å²) in [5.74, 6) is 0. The van der Waals surface area contributed by atoms with Gasteiger partial charge in [-0.05, 0) is 35.7 Å². The molecule has 3 rings (SSSR count). The van der Waals surface area contributed by atoms with Gasteiger partial charge in [-0.15, -0.1) is 0 Å². The molecular weight excluding hydrogens is 274 g/mol. The van der Waals surface area contributed by atoms with Crippen molar-refractivity contribution in [2.75, 3.05) is 0 Å². The molecule has 20 heavy (non-hydrogen) atoms. The number of hydrogen-bond acceptors (Lipinski definition) is 2. The van der Waals surface area contributed by atoms with Gasteiger partial charge in [-0.25, -0.2) is 4.79 Å². The van der Waals surface area contributed by atoms with Crippen LogP contribution in [0.4, 0.5) is 0 Å². The standard InChI is InChI=1S/C15H14ClN3O/c1-8-6-12-14(19-15(20)18-12)10(7-17)13(8)9-4-2-3-5-11(9)16/h2-6H,7,17H2,1H3,(H2,18,19,20). The first-order chi connectivity index (χ1) is 9.61. The molecule has 4 nitrogen and oxygen atoms in total. The van der Waals surface area contributed by atoms with Crippen molar-refractivity contribution >= 4 is 22.6 Å². The van der Waals surface area contributed by atoms with Gasteiger partial charge in [-0.3, -0.25) is 0 Å². The van der Waals surface area contributed by atoms with E-state index in [2.05, 4.69) is 9.97 Å². The zero-order valence-corrected chi connectivity index (χ0v) is 11.7. The number of H-pyrrole nitrogens is 2. The number of imidazole rings is 1. The van der Waals surface area contributed by atoms with Crippen molar-refractivity contribution in [2.45, 2.75) is 13.5 Å². The summed E-state index contributed by atoms with van der Waals surface area (Å²) in [5.41, 5.74) is 11.0. The maximum atomic E-state index is 11.5. The van der Waals surface area contributed by atoms with Gasteiger partial charge in [0.15, 0.2) is 0 Å². The maximum absolute atomic E-state index is 11.5. The minimum absolute atomic E-state index is 0.231. The number of nitrogens with one attached hydrogen (secondary N) is 2. The molecule has 0 bridgehead atoms. The van der Waals surface area contributed by atoms with Crippen molar-refractivity contribution in [3.05, 3.63) is 57.0 Å². The van der Waals surface area contributed by atoms with Crippen LogP contribution in [0.3, 0.4) is 0 Å². The van der Waals surface area contributed by atoms with Crippen molar-refractivity contribution in [3.8, 4) is 11.1 Å². The van der Waals surface area contributed by atoms with Crippen LogP contribution in [0.15, 0.2) is 35.1 Å². The molecule has 0 saturated heterocycles. The van der Waals surface area contributed by atoms with E-state index >= 15 is 0 Å². The van der Waals surface area contributed by atoms with Gasteiger partial charge in [0.1, 0.15) is 0 Å². The zero-order valence-electron chi connectivity index (χ0n) is 11.0. The number of aromatic amines is 2. The van der Waals surface area contributed by atoms with Crippen molar-refractivity contribution in [1.82, 2.24) is 9.97 Å². The molecule has 3 aromatic rings. The lowest BCUT2D eigenvalue weighted by molar-refractivity contribution is 1.08. The maximum Gasteiger partial charge on any atom is 0.323 e. The van der Waals surface area contributed by atoms with Crippen LogP contribution in [-0.4, -0.2) is 9.97 Å². The smallest absolute Gasteiger partial charge is 0.323 e. The van der Waals surface area contributed by atoms with Gasteiger partial charge >= 0.3 is 5.69 Å². The Labute approximate surface area is 120 Å². The molecule has 0 atom stereocenters. The van der Waals surface area contributed by atoms with Gasteiger partial charge in [-0.1, -0.05) is 29.8 Å². The molecule has 2 aromatic carbocycles. The molecule has 5 heteroatoms. The number of fused-ring (bicyclic) bond motifs is 1. The highest BCUT2D eigenvalue weighted by Crippen LogP contribution is 2.35. The number of halogens is 1. The van der Waals surface area contributed by atoms with E-state index in [1.54, 1.807) is 0 Å². The average molecular weight is 288 g/mol. The second kappa shape index (κ2) is 4.81. The van der Waals surface area contributed by atoms with Gasteiger partial charge in [0, 0.05) is 17.1 Å². The van der Waals surface area contributed by atoms with E-state index in [0.717, 1.165) is 33.3 Å². The zero-order chi connectivity index (χ0) is 14.3. The van der Waals surface area contributed by atoms with Crippen LogP contribution in [-0.2, 0) is 6.54 Å². The van der Waals surface area contributed by atoms with Crippen LogP contribution < -0.4 is 11.4 Å². The van der Waals surface area contributed by atoms with E-state index in [-0.39, 0.29) is 5.69 Å². The van der Waals surface area contributed by atoms with Crippen LogP contribution in [0, 0.1) is 6.92 Å². The first-order valence-electron chi connectivity index (χ1n) is 6.31. The lowest BCUT2D eigenvalue weighted by Gasteiger charge is -2.14. The first-order valence-corrected chi connectivity index (χ1v) is 6.69. The summed E-state index contributed by atoms with van der Waals surface area (Å²) in [6, 6.07) is 9.57. The molecule has 0 aliphatic rings. The van der Waals surface area contributed by atoms with Crippen molar-refractivity contribution in [1.29, 1.82) is 0 Å². The summed E-state index contributed by atoms with van der Waals surface area (Å²) in [6.07, 6.45) is 0. The molecule has 0 aliphatic carbocycles. The fourth-order valence-electron chi connectivity index (χ4n) is 2.64. The fraction of sp³-hybridized carbons (Fsp3) is 0.133. The molecule has 0 spiro atoms. The lowest BCUT2D eigenvalue weighted by atomic mass is 9.93. The highest BCUT2D eigenvalue weighted by atomic mass is 35.5. The quantitative estimate of drug-likeness (QED) is 0.678. The van der Waals surface area contributed by atoms with Gasteiger partial charge in [-0.2, -0.15) is 0 Å². The van der Waals surface area contributed by atoms with Gasteiger partial charge in [0.05, 0.1) is 11.0 Å². The van der Waals surface area contributed by atoms with Crippen molar-refractivity contribution in [2.24, 2.45) is 5.73 Å². The molecule has 102 valence electrons. The van der Waals surface area contributed by atoms with E-state index in [1.807, 2.05) is 37.3 Å². The summed E-state index contributed by atoms with van der Waals surface area (Å²) in [4.78, 5) is 17.1. The Morgan fingerprint density at radius 3 is 2.70 bits per heavy atom. The van der Waals surface area contributed by atoms with Gasteiger partial charge < -0.3 is 15.7 Å². The molecule has 1 aromatic heterocycles. The largest absolute Gasteiger partial charge is 0.326 e. The number of aromatic nitrogens is 2. The molecule has 0 fully saturated rings. The molecule has 0 amide bonds. The van der Waals surface area contributed by atoms with E-state index in [9.17, 15) is 4.79 Å². The average Bonchev–Trinajstić information content (AvgIpc) is 2.78. The van der Waals surface area contributed by atoms with Crippen LogP contribution >= 0.6 is 11.6 Å². The predicted molar refractivity (Wildman–Crippen MR) is 82.0 cm³/mol. The normalized spacial score (nSPS) is 11.2. The van der Waals surface area contributed by atoms with Crippen LogP contribution in [0.2, 0.25) is 5.02 Å². The van der Waals surface area contributed by atoms with Crippen molar-refractivity contribution in [3.63, 3.8) is 0 Å². The molecular formula is C15H14ClN3O. The van der Waals surface area contributed by atoms with Gasteiger partial charge in [0.2, 0.25) is 0 Å². The Hall–Kier alpha value is -2.04. The first kappa shape index (κ1) is 13.0. The number of rotatable bonds is 2. The van der Waals surface area contributed by atoms with Crippen LogP contribution in [0.1, 0.15) is 11.1 Å². The molecule has 1 heterocycles. The predicted octanol–water partition coefficient (Wildman–Crippen LogP) is 2.94. The second-order valence-corrected chi connectivity index (χ2v) is 5.14. The van der Waals surface area contributed by atoms with E-state index in [1.165, 1.54) is 0 Å².